The summed E-state index contributed by atoms with van der Waals surface area (Å²) in [7, 11) is 0. The van der Waals surface area contributed by atoms with Gasteiger partial charge in [0.25, 0.3) is 0 Å². The molecular weight excluding hydrogens is 342 g/mol. The van der Waals surface area contributed by atoms with Crippen LogP contribution in [0.1, 0.15) is 30.8 Å². The first-order valence-electron chi connectivity index (χ1n) is 8.41. The zero-order chi connectivity index (χ0) is 20.1. The maximum absolute atomic E-state index is 11.5. The Morgan fingerprint density at radius 3 is 2.56 bits per heavy atom. The number of nitrogens with two attached hydrogens (primary N) is 4. The van der Waals surface area contributed by atoms with Crippen molar-refractivity contribution in [2.24, 2.45) is 16.5 Å². The molecule has 2 rings (SSSR count). The lowest BCUT2D eigenvalue weighted by Gasteiger charge is -2.09. The molecule has 0 aliphatic rings. The Bertz CT molecular complexity index is 945. The fraction of sp³-hybridized carbons (Fsp3) is 0.211. The predicted molar refractivity (Wildman–Crippen MR) is 106 cm³/mol. The Kier molecular flexibility index (Phi) is 6.02. The van der Waals surface area contributed by atoms with E-state index in [1.54, 1.807) is 24.5 Å². The average molecular weight is 367 g/mol. The number of hydrogen-bond acceptors (Lipinski definition) is 5. The van der Waals surface area contributed by atoms with Gasteiger partial charge in [-0.2, -0.15) is 0 Å². The zero-order valence-corrected chi connectivity index (χ0v) is 15.7. The molecule has 0 aliphatic heterocycles. The van der Waals surface area contributed by atoms with Crippen molar-refractivity contribution in [1.82, 2.24) is 4.98 Å². The molecule has 27 heavy (non-hydrogen) atoms. The van der Waals surface area contributed by atoms with E-state index in [4.69, 9.17) is 22.6 Å². The van der Waals surface area contributed by atoms with Gasteiger partial charge < -0.3 is 11.5 Å². The third kappa shape index (κ3) is 4.75. The Balaban J connectivity index is 2.68. The van der Waals surface area contributed by atoms with E-state index in [1.165, 1.54) is 4.57 Å². The lowest BCUT2D eigenvalue weighted by Crippen LogP contribution is -2.66. The van der Waals surface area contributed by atoms with Crippen LogP contribution in [0.25, 0.3) is 11.3 Å². The summed E-state index contributed by atoms with van der Waals surface area (Å²) < 4.78 is 1.32. The van der Waals surface area contributed by atoms with Gasteiger partial charge >= 0.3 is 17.6 Å². The van der Waals surface area contributed by atoms with Crippen molar-refractivity contribution in [2.75, 3.05) is 5.73 Å². The van der Waals surface area contributed by atoms with Crippen molar-refractivity contribution in [2.45, 2.75) is 26.8 Å². The lowest BCUT2D eigenvalue weighted by atomic mass is 10.0. The first kappa shape index (κ1) is 19.8. The van der Waals surface area contributed by atoms with Crippen molar-refractivity contribution in [3.63, 3.8) is 0 Å². The van der Waals surface area contributed by atoms with E-state index < -0.39 is 5.91 Å². The van der Waals surface area contributed by atoms with E-state index in [0.717, 1.165) is 5.69 Å². The maximum atomic E-state index is 11.5. The van der Waals surface area contributed by atoms with Crippen LogP contribution in [-0.4, -0.2) is 29.0 Å². The third-order valence-corrected chi connectivity index (χ3v) is 3.76. The van der Waals surface area contributed by atoms with Gasteiger partial charge in [0.1, 0.15) is 6.20 Å². The summed E-state index contributed by atoms with van der Waals surface area (Å²) >= 11 is 0. The number of nitrogens with zero attached hydrogens (tertiary/aromatic N) is 3. The van der Waals surface area contributed by atoms with E-state index in [1.807, 2.05) is 39.0 Å². The quantitative estimate of drug-likeness (QED) is 0.313. The summed E-state index contributed by atoms with van der Waals surface area (Å²) in [5, 5.41) is 5.77. The molecule has 0 aliphatic carbocycles. The van der Waals surface area contributed by atoms with E-state index in [-0.39, 0.29) is 17.7 Å². The molecule has 0 fully saturated rings. The number of aryl methyl sites for hydroxylation is 1. The van der Waals surface area contributed by atoms with Gasteiger partial charge in [0.15, 0.2) is 0 Å². The zero-order valence-electron chi connectivity index (χ0n) is 15.7. The van der Waals surface area contributed by atoms with E-state index in [9.17, 15) is 4.79 Å². The molecule has 0 saturated carbocycles. The average Bonchev–Trinajstić information content (AvgIpc) is 2.61. The molecule has 8 N–H and O–H groups in total. The van der Waals surface area contributed by atoms with Crippen LogP contribution < -0.4 is 27.2 Å². The van der Waals surface area contributed by atoms with Crippen LogP contribution in [0.5, 0.6) is 0 Å². The van der Waals surface area contributed by atoms with Gasteiger partial charge in [-0.05, 0) is 39.0 Å². The summed E-state index contributed by atoms with van der Waals surface area (Å²) in [6.07, 6.45) is 3.28. The largest absolute Gasteiger partial charge is 0.402 e. The van der Waals surface area contributed by atoms with Crippen molar-refractivity contribution in [3.8, 4) is 0 Å². The van der Waals surface area contributed by atoms with Gasteiger partial charge in [-0.1, -0.05) is 6.07 Å². The van der Waals surface area contributed by atoms with Crippen LogP contribution in [0.3, 0.4) is 0 Å². The summed E-state index contributed by atoms with van der Waals surface area (Å²) in [5.41, 5.74) is 20.8. The minimum Gasteiger partial charge on any atom is -0.396 e. The number of pyridine rings is 2. The number of nitrogen functional groups attached to an aromatic ring is 1. The molecule has 0 bridgehead atoms. The van der Waals surface area contributed by atoms with Crippen molar-refractivity contribution >= 4 is 35.0 Å². The van der Waals surface area contributed by atoms with Crippen LogP contribution in [0.2, 0.25) is 0 Å². The highest BCUT2D eigenvalue weighted by Crippen LogP contribution is 2.20. The first-order valence-corrected chi connectivity index (χ1v) is 8.41. The molecule has 8 nitrogen and oxygen atoms in total. The second-order valence-corrected chi connectivity index (χ2v) is 6.33. The summed E-state index contributed by atoms with van der Waals surface area (Å²) in [4.78, 5) is 20.4. The van der Waals surface area contributed by atoms with Gasteiger partial charge in [-0.25, -0.2) is 0 Å². The van der Waals surface area contributed by atoms with Crippen LogP contribution in [0, 0.1) is 6.92 Å². The lowest BCUT2D eigenvalue weighted by molar-refractivity contribution is -0.564. The minimum absolute atomic E-state index is 0.0708. The molecule has 140 valence electrons. The fourth-order valence-corrected chi connectivity index (χ4v) is 2.35. The highest BCUT2D eigenvalue weighted by atomic mass is 16.1. The predicted octanol–water partition coefficient (Wildman–Crippen LogP) is -0.943. The topological polar surface area (TPSA) is 150 Å². The molecule has 0 unspecified atom stereocenters. The molecule has 0 atom stereocenters. The minimum atomic E-state index is -0.779. The summed E-state index contributed by atoms with van der Waals surface area (Å²) in [6, 6.07) is 9.04. The molecule has 2 aromatic rings. The van der Waals surface area contributed by atoms with Crippen LogP contribution in [-0.2, 0) is 4.79 Å². The van der Waals surface area contributed by atoms with Crippen molar-refractivity contribution in [1.29, 1.82) is 0 Å². The molecule has 0 aromatic carbocycles. The molecule has 0 radical (unpaired) electrons. The van der Waals surface area contributed by atoms with E-state index in [0.29, 0.717) is 22.5 Å². The Morgan fingerprint density at radius 2 is 1.96 bits per heavy atom. The molecule has 8 heteroatoms. The summed E-state index contributed by atoms with van der Waals surface area (Å²) in [5.74, 6) is -0.706. The van der Waals surface area contributed by atoms with Gasteiger partial charge in [0.2, 0.25) is 0 Å². The maximum Gasteiger partial charge on any atom is 0.402 e. The van der Waals surface area contributed by atoms with Gasteiger partial charge in [-0.3, -0.25) is 25.9 Å². The fourth-order valence-electron chi connectivity index (χ4n) is 2.35. The van der Waals surface area contributed by atoms with Crippen LogP contribution in [0.4, 0.5) is 5.82 Å². The van der Waals surface area contributed by atoms with Crippen LogP contribution in [0.15, 0.2) is 41.5 Å². The molecule has 0 saturated heterocycles. The molecule has 0 spiro atoms. The van der Waals surface area contributed by atoms with Gasteiger partial charge in [0.05, 0.1) is 11.4 Å². The van der Waals surface area contributed by atoms with E-state index >= 15 is 0 Å². The van der Waals surface area contributed by atoms with Crippen LogP contribution >= 0.6 is 0 Å². The second-order valence-electron chi connectivity index (χ2n) is 6.33. The highest BCUT2D eigenvalue weighted by Gasteiger charge is 2.24. The Labute approximate surface area is 157 Å². The smallest absolute Gasteiger partial charge is 0.396 e. The Hall–Kier alpha value is -3.55. The molecule has 2 heterocycles. The molecule has 2 aromatic heterocycles. The standard InChI is InChI=1S/C19H23N7O/c1-11(2)24-9-14(17(21)15-6-4-5-12(3)25-15)13-7-8-16(20)26(10-13)18(22)19(23)27/h4-11,20,22H,1-3H3,(H4,21,23,24,27)/p+2. The number of amides is 1. The SMILES string of the molecule is Cc1cccc(C(N)=C(C=NC(C)C)c2ccc(N)[n+](C(=[NH2+])C(N)=O)c2)n1. The molecular formula is C19H25N7O+2. The number of primary amides is 1. The number of aliphatic imine (C=N–C) groups is 1. The number of anilines is 1. The normalized spacial score (nSPS) is 12.3. The number of hydrogen-bond donors (Lipinski definition) is 4. The number of allylic oxidation sites excluding steroid dienone is 1. The summed E-state index contributed by atoms with van der Waals surface area (Å²) in [6.45, 7) is 5.80. The molecule has 1 amide bonds. The Morgan fingerprint density at radius 1 is 1.26 bits per heavy atom. The second kappa shape index (κ2) is 8.22. The number of aromatic nitrogens is 2. The van der Waals surface area contributed by atoms with Gasteiger partial charge in [-0.15, -0.1) is 4.57 Å². The van der Waals surface area contributed by atoms with E-state index in [2.05, 4.69) is 9.98 Å². The van der Waals surface area contributed by atoms with Crippen molar-refractivity contribution in [3.05, 3.63) is 53.5 Å². The highest BCUT2D eigenvalue weighted by molar-refractivity contribution is 6.30. The van der Waals surface area contributed by atoms with Crippen molar-refractivity contribution < 1.29 is 14.8 Å². The monoisotopic (exact) mass is 367 g/mol. The number of carbonyl (C=O) groups is 1. The first-order chi connectivity index (χ1) is 12.7. The number of carbonyl (C=O) groups excluding carboxylic acids is 1. The third-order valence-electron chi connectivity index (χ3n) is 3.76. The number of rotatable bonds is 4. The van der Waals surface area contributed by atoms with Gasteiger partial charge in [0, 0.05) is 35.2 Å².